The zero-order valence-corrected chi connectivity index (χ0v) is 15.2. The Bertz CT molecular complexity index is 651. The molecule has 0 saturated carbocycles. The van der Waals surface area contributed by atoms with Gasteiger partial charge in [-0.2, -0.15) is 4.98 Å². The number of halogens is 1. The van der Waals surface area contributed by atoms with E-state index in [1.807, 2.05) is 31.2 Å². The van der Waals surface area contributed by atoms with Gasteiger partial charge in [0.05, 0.1) is 0 Å². The van der Waals surface area contributed by atoms with Crippen LogP contribution in [-0.2, 0) is 0 Å². The molecule has 1 saturated heterocycles. The molecule has 0 unspecified atom stereocenters. The van der Waals surface area contributed by atoms with Crippen LogP contribution in [-0.4, -0.2) is 47.6 Å². The molecule has 0 spiro atoms. The highest BCUT2D eigenvalue weighted by molar-refractivity contribution is 9.10. The predicted octanol–water partition coefficient (Wildman–Crippen LogP) is 3.43. The fraction of sp³-hybridized carbons (Fsp3) is 0.412. The van der Waals surface area contributed by atoms with Gasteiger partial charge in [-0.15, -0.1) is 0 Å². The summed E-state index contributed by atoms with van der Waals surface area (Å²) in [5.41, 5.74) is 1.97. The highest BCUT2D eigenvalue weighted by atomic mass is 79.9. The summed E-state index contributed by atoms with van der Waals surface area (Å²) in [6.45, 7) is 9.56. The molecular weight excluding hydrogens is 354 g/mol. The summed E-state index contributed by atoms with van der Waals surface area (Å²) < 4.78 is 1.06. The first-order valence-electron chi connectivity index (χ1n) is 7.99. The molecule has 1 fully saturated rings. The van der Waals surface area contributed by atoms with Crippen molar-refractivity contribution >= 4 is 33.4 Å². The van der Waals surface area contributed by atoms with Crippen LogP contribution in [0.3, 0.4) is 0 Å². The van der Waals surface area contributed by atoms with Gasteiger partial charge in [-0.3, -0.25) is 0 Å². The fourth-order valence-electron chi connectivity index (χ4n) is 2.73. The summed E-state index contributed by atoms with van der Waals surface area (Å²) >= 11 is 3.45. The molecule has 122 valence electrons. The van der Waals surface area contributed by atoms with Gasteiger partial charge in [-0.05, 0) is 37.7 Å². The lowest BCUT2D eigenvalue weighted by molar-refractivity contribution is 0.270. The Labute approximate surface area is 145 Å². The van der Waals surface area contributed by atoms with E-state index in [0.29, 0.717) is 5.95 Å². The number of hydrogen-bond donors (Lipinski definition) is 1. The second kappa shape index (κ2) is 7.27. The molecule has 1 aliphatic rings. The number of rotatable bonds is 4. The molecule has 0 atom stereocenters. The monoisotopic (exact) mass is 375 g/mol. The van der Waals surface area contributed by atoms with Crippen LogP contribution in [0.25, 0.3) is 0 Å². The van der Waals surface area contributed by atoms with E-state index >= 15 is 0 Å². The third-order valence-corrected chi connectivity index (χ3v) is 4.61. The molecule has 0 bridgehead atoms. The van der Waals surface area contributed by atoms with E-state index in [9.17, 15) is 0 Å². The molecule has 2 heterocycles. The molecule has 0 radical (unpaired) electrons. The van der Waals surface area contributed by atoms with Crippen molar-refractivity contribution in [3.8, 4) is 0 Å². The normalized spacial score (nSPS) is 15.7. The van der Waals surface area contributed by atoms with Crippen molar-refractivity contribution in [1.82, 2.24) is 14.9 Å². The number of piperazine rings is 1. The minimum absolute atomic E-state index is 0.653. The third-order valence-electron chi connectivity index (χ3n) is 4.08. The topological polar surface area (TPSA) is 44.3 Å². The number of aromatic nitrogens is 2. The number of nitrogens with zero attached hydrogens (tertiary/aromatic N) is 4. The van der Waals surface area contributed by atoms with Crippen LogP contribution in [0.1, 0.15) is 12.6 Å². The first-order chi connectivity index (χ1) is 11.1. The van der Waals surface area contributed by atoms with E-state index in [1.165, 1.54) is 0 Å². The standard InChI is InChI=1S/C17H22BrN5/c1-3-22-8-10-23(11-9-22)16-12-13(2)19-17(21-16)20-15-6-4-14(18)5-7-15/h4-7,12H,3,8-11H2,1-2H3,(H,19,20,21). The van der Waals surface area contributed by atoms with Crippen LogP contribution in [0, 0.1) is 6.92 Å². The lowest BCUT2D eigenvalue weighted by atomic mass is 10.3. The summed E-state index contributed by atoms with van der Waals surface area (Å²) in [6.07, 6.45) is 0. The van der Waals surface area contributed by atoms with Crippen molar-refractivity contribution in [2.45, 2.75) is 13.8 Å². The highest BCUT2D eigenvalue weighted by Crippen LogP contribution is 2.21. The molecule has 5 nitrogen and oxygen atoms in total. The second-order valence-corrected chi connectivity index (χ2v) is 6.66. The van der Waals surface area contributed by atoms with Gasteiger partial charge in [0.1, 0.15) is 5.82 Å². The molecule has 1 aliphatic heterocycles. The van der Waals surface area contributed by atoms with Gasteiger partial charge in [0, 0.05) is 48.1 Å². The predicted molar refractivity (Wildman–Crippen MR) is 98.5 cm³/mol. The van der Waals surface area contributed by atoms with E-state index in [4.69, 9.17) is 4.98 Å². The Morgan fingerprint density at radius 2 is 1.78 bits per heavy atom. The summed E-state index contributed by atoms with van der Waals surface area (Å²) in [7, 11) is 0. The van der Waals surface area contributed by atoms with Gasteiger partial charge < -0.3 is 15.1 Å². The Morgan fingerprint density at radius 1 is 1.09 bits per heavy atom. The van der Waals surface area contributed by atoms with Crippen molar-refractivity contribution in [3.63, 3.8) is 0 Å². The second-order valence-electron chi connectivity index (χ2n) is 5.74. The molecule has 3 rings (SSSR count). The number of nitrogens with one attached hydrogen (secondary N) is 1. The van der Waals surface area contributed by atoms with E-state index in [0.717, 1.165) is 54.4 Å². The maximum atomic E-state index is 4.70. The average Bonchev–Trinajstić information content (AvgIpc) is 2.56. The smallest absolute Gasteiger partial charge is 0.229 e. The van der Waals surface area contributed by atoms with Gasteiger partial charge in [-0.25, -0.2) is 4.98 Å². The molecule has 23 heavy (non-hydrogen) atoms. The molecule has 1 aromatic heterocycles. The van der Waals surface area contributed by atoms with Crippen molar-refractivity contribution in [3.05, 3.63) is 40.5 Å². The van der Waals surface area contributed by atoms with Gasteiger partial charge in [0.15, 0.2) is 0 Å². The zero-order valence-electron chi connectivity index (χ0n) is 13.6. The van der Waals surface area contributed by atoms with Crippen molar-refractivity contribution in [2.24, 2.45) is 0 Å². The van der Waals surface area contributed by atoms with Crippen LogP contribution >= 0.6 is 15.9 Å². The molecule has 1 N–H and O–H groups in total. The third kappa shape index (κ3) is 4.20. The Kier molecular flexibility index (Phi) is 5.13. The van der Waals surface area contributed by atoms with Crippen LogP contribution < -0.4 is 10.2 Å². The van der Waals surface area contributed by atoms with E-state index < -0.39 is 0 Å². The van der Waals surface area contributed by atoms with E-state index in [2.05, 4.69) is 49.0 Å². The van der Waals surface area contributed by atoms with Crippen LogP contribution in [0.15, 0.2) is 34.8 Å². The van der Waals surface area contributed by atoms with Gasteiger partial charge in [0.25, 0.3) is 0 Å². The number of benzene rings is 1. The highest BCUT2D eigenvalue weighted by Gasteiger charge is 2.17. The van der Waals surface area contributed by atoms with Crippen LogP contribution in [0.2, 0.25) is 0 Å². The average molecular weight is 376 g/mol. The fourth-order valence-corrected chi connectivity index (χ4v) is 2.99. The molecule has 2 aromatic rings. The summed E-state index contributed by atoms with van der Waals surface area (Å²) in [4.78, 5) is 14.0. The van der Waals surface area contributed by atoms with Gasteiger partial charge >= 0.3 is 0 Å². The number of hydrogen-bond acceptors (Lipinski definition) is 5. The van der Waals surface area contributed by atoms with Crippen LogP contribution in [0.4, 0.5) is 17.5 Å². The molecule has 0 amide bonds. The van der Waals surface area contributed by atoms with Crippen LogP contribution in [0.5, 0.6) is 0 Å². The van der Waals surface area contributed by atoms with E-state index in [-0.39, 0.29) is 0 Å². The van der Waals surface area contributed by atoms with Gasteiger partial charge in [-0.1, -0.05) is 22.9 Å². The minimum Gasteiger partial charge on any atom is -0.354 e. The Balaban J connectivity index is 1.75. The number of likely N-dealkylation sites (N-methyl/N-ethyl adjacent to an activating group) is 1. The molecule has 0 aliphatic carbocycles. The maximum absolute atomic E-state index is 4.70. The minimum atomic E-state index is 0.653. The Morgan fingerprint density at radius 3 is 2.43 bits per heavy atom. The number of aryl methyl sites for hydroxylation is 1. The lowest BCUT2D eigenvalue weighted by Crippen LogP contribution is -2.46. The quantitative estimate of drug-likeness (QED) is 0.886. The molecule has 6 heteroatoms. The zero-order chi connectivity index (χ0) is 16.2. The summed E-state index contributed by atoms with van der Waals surface area (Å²) in [6, 6.07) is 10.1. The summed E-state index contributed by atoms with van der Waals surface area (Å²) in [5, 5.41) is 3.29. The SMILES string of the molecule is CCN1CCN(c2cc(C)nc(Nc3ccc(Br)cc3)n2)CC1. The largest absolute Gasteiger partial charge is 0.354 e. The number of anilines is 3. The maximum Gasteiger partial charge on any atom is 0.229 e. The van der Waals surface area contributed by atoms with E-state index in [1.54, 1.807) is 0 Å². The van der Waals surface area contributed by atoms with Crippen molar-refractivity contribution in [2.75, 3.05) is 42.9 Å². The van der Waals surface area contributed by atoms with Gasteiger partial charge in [0.2, 0.25) is 5.95 Å². The first-order valence-corrected chi connectivity index (χ1v) is 8.79. The molecular formula is C17H22BrN5. The Hall–Kier alpha value is -1.66. The lowest BCUT2D eigenvalue weighted by Gasteiger charge is -2.34. The van der Waals surface area contributed by atoms with Crippen molar-refractivity contribution in [1.29, 1.82) is 0 Å². The van der Waals surface area contributed by atoms with Crippen molar-refractivity contribution < 1.29 is 0 Å². The summed E-state index contributed by atoms with van der Waals surface area (Å²) in [5.74, 6) is 1.66. The first kappa shape index (κ1) is 16.2. The molecule has 1 aromatic carbocycles.